The second-order valence-electron chi connectivity index (χ2n) is 4.68. The molecule has 1 rings (SSSR count). The highest BCUT2D eigenvalue weighted by Gasteiger charge is 2.25. The van der Waals surface area contributed by atoms with Gasteiger partial charge in [-0.05, 0) is 24.1 Å². The fraction of sp³-hybridized carbons (Fsp3) is 0.429. The minimum atomic E-state index is -0.698. The molecule has 6 heteroatoms. The van der Waals surface area contributed by atoms with Gasteiger partial charge in [-0.25, -0.2) is 4.79 Å². The van der Waals surface area contributed by atoms with Gasteiger partial charge in [0, 0.05) is 5.56 Å². The van der Waals surface area contributed by atoms with Crippen molar-refractivity contribution in [2.45, 2.75) is 19.9 Å². The maximum Gasteiger partial charge on any atom is 0.328 e. The number of nitrogens with two attached hydrogens (primary N) is 1. The molecule has 0 fully saturated rings. The Bertz CT molecular complexity index is 500. The normalized spacial score (nSPS) is 11.8. The van der Waals surface area contributed by atoms with Crippen LogP contribution in [0.5, 0.6) is 5.75 Å². The molecule has 1 aromatic rings. The smallest absolute Gasteiger partial charge is 0.328 e. The first-order valence-corrected chi connectivity index (χ1v) is 6.23. The first-order chi connectivity index (χ1) is 9.40. The molecule has 0 aliphatic carbocycles. The monoisotopic (exact) mass is 280 g/mol. The number of hydrogen-bond donors (Lipinski definition) is 2. The molecule has 0 spiro atoms. The maximum atomic E-state index is 12.1. The average Bonchev–Trinajstić information content (AvgIpc) is 2.43. The van der Waals surface area contributed by atoms with Crippen molar-refractivity contribution in [1.82, 2.24) is 5.32 Å². The number of esters is 1. The molecule has 0 heterocycles. The fourth-order valence-electron chi connectivity index (χ4n) is 1.72. The number of carbonyl (C=O) groups is 2. The summed E-state index contributed by atoms with van der Waals surface area (Å²) in [5.74, 6) is -0.449. The SMILES string of the molecule is COC(=O)C(NC(=O)c1ccc(OC)c(N)c1)C(C)C. The lowest BCUT2D eigenvalue weighted by molar-refractivity contribution is -0.144. The average molecular weight is 280 g/mol. The van der Waals surface area contributed by atoms with Crippen molar-refractivity contribution >= 4 is 17.6 Å². The Morgan fingerprint density at radius 3 is 2.35 bits per heavy atom. The van der Waals surface area contributed by atoms with Crippen LogP contribution in [0.2, 0.25) is 0 Å². The van der Waals surface area contributed by atoms with Crippen LogP contribution >= 0.6 is 0 Å². The summed E-state index contributed by atoms with van der Waals surface area (Å²) in [6.07, 6.45) is 0. The highest BCUT2D eigenvalue weighted by Crippen LogP contribution is 2.22. The third kappa shape index (κ3) is 3.63. The minimum absolute atomic E-state index is 0.0815. The Kier molecular flexibility index (Phi) is 5.37. The molecule has 0 saturated heterocycles. The van der Waals surface area contributed by atoms with E-state index in [1.165, 1.54) is 20.3 Å². The Morgan fingerprint density at radius 1 is 1.25 bits per heavy atom. The molecule has 1 atom stereocenters. The summed E-state index contributed by atoms with van der Waals surface area (Å²) < 4.78 is 9.70. The number of methoxy groups -OCH3 is 2. The largest absolute Gasteiger partial charge is 0.495 e. The molecule has 1 unspecified atom stereocenters. The van der Waals surface area contributed by atoms with E-state index in [0.29, 0.717) is 17.0 Å². The van der Waals surface area contributed by atoms with Gasteiger partial charge in [0.25, 0.3) is 5.91 Å². The van der Waals surface area contributed by atoms with Gasteiger partial charge in [-0.1, -0.05) is 13.8 Å². The van der Waals surface area contributed by atoms with Crippen molar-refractivity contribution < 1.29 is 19.1 Å². The Labute approximate surface area is 118 Å². The van der Waals surface area contributed by atoms with Crippen molar-refractivity contribution in [3.8, 4) is 5.75 Å². The lowest BCUT2D eigenvalue weighted by Crippen LogP contribution is -2.45. The number of benzene rings is 1. The number of rotatable bonds is 5. The van der Waals surface area contributed by atoms with E-state index in [4.69, 9.17) is 10.5 Å². The quantitative estimate of drug-likeness (QED) is 0.625. The highest BCUT2D eigenvalue weighted by molar-refractivity contribution is 5.97. The number of hydrogen-bond acceptors (Lipinski definition) is 5. The van der Waals surface area contributed by atoms with E-state index in [1.807, 2.05) is 13.8 Å². The number of anilines is 1. The molecule has 0 bridgehead atoms. The van der Waals surface area contributed by atoms with Crippen LogP contribution in [0.1, 0.15) is 24.2 Å². The summed E-state index contributed by atoms with van der Waals surface area (Å²) in [7, 11) is 2.78. The fourth-order valence-corrected chi connectivity index (χ4v) is 1.72. The van der Waals surface area contributed by atoms with Gasteiger partial charge in [-0.15, -0.1) is 0 Å². The van der Waals surface area contributed by atoms with Crippen molar-refractivity contribution in [3.05, 3.63) is 23.8 Å². The van der Waals surface area contributed by atoms with Crippen LogP contribution in [0.4, 0.5) is 5.69 Å². The maximum absolute atomic E-state index is 12.1. The van der Waals surface area contributed by atoms with Crippen molar-refractivity contribution in [2.24, 2.45) is 5.92 Å². The molecule has 0 aliphatic heterocycles. The molecule has 0 aliphatic rings. The highest BCUT2D eigenvalue weighted by atomic mass is 16.5. The molecule has 1 aromatic carbocycles. The van der Waals surface area contributed by atoms with Gasteiger partial charge in [0.05, 0.1) is 19.9 Å². The molecular weight excluding hydrogens is 260 g/mol. The van der Waals surface area contributed by atoms with Crippen LogP contribution in [-0.4, -0.2) is 32.1 Å². The molecule has 0 radical (unpaired) electrons. The topological polar surface area (TPSA) is 90.6 Å². The summed E-state index contributed by atoms with van der Waals surface area (Å²) >= 11 is 0. The molecule has 1 amide bonds. The molecule has 0 saturated carbocycles. The van der Waals surface area contributed by atoms with E-state index in [-0.39, 0.29) is 11.8 Å². The summed E-state index contributed by atoms with van der Waals surface area (Å²) in [5, 5.41) is 2.64. The van der Waals surface area contributed by atoms with E-state index >= 15 is 0 Å². The summed E-state index contributed by atoms with van der Waals surface area (Å²) in [5.41, 5.74) is 6.47. The zero-order valence-electron chi connectivity index (χ0n) is 12.1. The first-order valence-electron chi connectivity index (χ1n) is 6.23. The second-order valence-corrected chi connectivity index (χ2v) is 4.68. The molecule has 110 valence electrons. The van der Waals surface area contributed by atoms with Gasteiger partial charge in [0.15, 0.2) is 0 Å². The zero-order chi connectivity index (χ0) is 15.3. The van der Waals surface area contributed by atoms with Crippen LogP contribution in [0.15, 0.2) is 18.2 Å². The van der Waals surface area contributed by atoms with Gasteiger partial charge in [0.2, 0.25) is 0 Å². The van der Waals surface area contributed by atoms with Crippen LogP contribution in [0.25, 0.3) is 0 Å². The van der Waals surface area contributed by atoms with E-state index in [0.717, 1.165) is 0 Å². The van der Waals surface area contributed by atoms with Crippen molar-refractivity contribution in [3.63, 3.8) is 0 Å². The van der Waals surface area contributed by atoms with Crippen molar-refractivity contribution in [2.75, 3.05) is 20.0 Å². The standard InChI is InChI=1S/C14H20N2O4/c1-8(2)12(14(18)20-4)16-13(17)9-5-6-11(19-3)10(15)7-9/h5-8,12H,15H2,1-4H3,(H,16,17). The molecule has 20 heavy (non-hydrogen) atoms. The Balaban J connectivity index is 2.89. The summed E-state index contributed by atoms with van der Waals surface area (Å²) in [6, 6.07) is 3.99. The lowest BCUT2D eigenvalue weighted by Gasteiger charge is -2.20. The second kappa shape index (κ2) is 6.79. The predicted octanol–water partition coefficient (Wildman–Crippen LogP) is 1.20. The van der Waals surface area contributed by atoms with Crippen molar-refractivity contribution in [1.29, 1.82) is 0 Å². The molecule has 0 aromatic heterocycles. The number of ether oxygens (including phenoxy) is 2. The van der Waals surface area contributed by atoms with Crippen LogP contribution in [0.3, 0.4) is 0 Å². The van der Waals surface area contributed by atoms with Gasteiger partial charge < -0.3 is 20.5 Å². The minimum Gasteiger partial charge on any atom is -0.495 e. The van der Waals surface area contributed by atoms with Gasteiger partial charge >= 0.3 is 5.97 Å². The molecule has 6 nitrogen and oxygen atoms in total. The third-order valence-corrected chi connectivity index (χ3v) is 2.90. The third-order valence-electron chi connectivity index (χ3n) is 2.90. The van der Waals surface area contributed by atoms with Crippen LogP contribution in [0, 0.1) is 5.92 Å². The Morgan fingerprint density at radius 2 is 1.90 bits per heavy atom. The van der Waals surface area contributed by atoms with E-state index in [9.17, 15) is 9.59 Å². The lowest BCUT2D eigenvalue weighted by atomic mass is 10.0. The first kappa shape index (κ1) is 15.8. The van der Waals surface area contributed by atoms with Gasteiger partial charge in [0.1, 0.15) is 11.8 Å². The van der Waals surface area contributed by atoms with Crippen LogP contribution in [-0.2, 0) is 9.53 Å². The van der Waals surface area contributed by atoms with E-state index < -0.39 is 12.0 Å². The Hall–Kier alpha value is -2.24. The predicted molar refractivity (Wildman–Crippen MR) is 75.5 cm³/mol. The molecular formula is C14H20N2O4. The van der Waals surface area contributed by atoms with Gasteiger partial charge in [-0.3, -0.25) is 4.79 Å². The van der Waals surface area contributed by atoms with Gasteiger partial charge in [-0.2, -0.15) is 0 Å². The zero-order valence-corrected chi connectivity index (χ0v) is 12.1. The summed E-state index contributed by atoms with van der Waals surface area (Å²) in [4.78, 5) is 23.7. The molecule has 3 N–H and O–H groups in total. The number of nitrogens with one attached hydrogen (secondary N) is 1. The van der Waals surface area contributed by atoms with E-state index in [1.54, 1.807) is 12.1 Å². The van der Waals surface area contributed by atoms with Crippen LogP contribution < -0.4 is 15.8 Å². The summed E-state index contributed by atoms with van der Waals surface area (Å²) in [6.45, 7) is 3.65. The number of amides is 1. The van der Waals surface area contributed by atoms with E-state index in [2.05, 4.69) is 10.1 Å². The number of carbonyl (C=O) groups excluding carboxylic acids is 2. The number of nitrogen functional groups attached to an aromatic ring is 1.